The molecule has 1 aliphatic rings. The number of piperazine rings is 1. The molecule has 0 aliphatic carbocycles. The van der Waals surface area contributed by atoms with Crippen molar-refractivity contribution in [2.24, 2.45) is 0 Å². The molecule has 0 radical (unpaired) electrons. The molecule has 1 aromatic carbocycles. The van der Waals surface area contributed by atoms with Crippen LogP contribution in [0.3, 0.4) is 0 Å². The number of anilines is 2. The van der Waals surface area contributed by atoms with Crippen LogP contribution >= 0.6 is 0 Å². The number of hydrogen-bond acceptors (Lipinski definition) is 3. The van der Waals surface area contributed by atoms with Crippen molar-refractivity contribution in [2.75, 3.05) is 36.0 Å². The number of halogens is 1. The summed E-state index contributed by atoms with van der Waals surface area (Å²) in [6.07, 6.45) is 1.64. The molecule has 2 heterocycles. The Labute approximate surface area is 118 Å². The van der Waals surface area contributed by atoms with Crippen LogP contribution in [-0.2, 0) is 0 Å². The van der Waals surface area contributed by atoms with Crippen LogP contribution in [0.25, 0.3) is 0 Å². The molecule has 0 unspecified atom stereocenters. The molecule has 104 valence electrons. The zero-order valence-electron chi connectivity index (χ0n) is 11.6. The second kappa shape index (κ2) is 5.49. The van der Waals surface area contributed by atoms with Gasteiger partial charge in [-0.2, -0.15) is 0 Å². The highest BCUT2D eigenvalue weighted by atomic mass is 19.1. The van der Waals surface area contributed by atoms with Crippen molar-refractivity contribution >= 4 is 11.5 Å². The van der Waals surface area contributed by atoms with Gasteiger partial charge in [-0.3, -0.25) is 0 Å². The van der Waals surface area contributed by atoms with E-state index in [2.05, 4.69) is 41.1 Å². The molecule has 0 bridgehead atoms. The molecule has 1 fully saturated rings. The van der Waals surface area contributed by atoms with Crippen molar-refractivity contribution in [3.05, 3.63) is 54.0 Å². The monoisotopic (exact) mass is 271 g/mol. The van der Waals surface area contributed by atoms with E-state index in [-0.39, 0.29) is 5.82 Å². The summed E-state index contributed by atoms with van der Waals surface area (Å²) >= 11 is 0. The summed E-state index contributed by atoms with van der Waals surface area (Å²) in [5, 5.41) is 0. The van der Waals surface area contributed by atoms with Crippen molar-refractivity contribution < 1.29 is 4.39 Å². The summed E-state index contributed by atoms with van der Waals surface area (Å²) in [6.45, 7) is 5.49. The standard InChI is InChI=1S/C16H18FN3/c1-13-5-2-3-7-15(13)19-9-11-20(12-10-19)16-14(17)6-4-8-18-16/h2-8H,9-12H2,1H3. The Bertz CT molecular complexity index is 538. The second-order valence-electron chi connectivity index (χ2n) is 5.07. The molecule has 0 saturated carbocycles. The maximum atomic E-state index is 13.7. The molecular weight excluding hydrogens is 253 g/mol. The first-order valence-electron chi connectivity index (χ1n) is 6.92. The number of pyridine rings is 1. The lowest BCUT2D eigenvalue weighted by molar-refractivity contribution is 0.588. The summed E-state index contributed by atoms with van der Waals surface area (Å²) in [4.78, 5) is 8.52. The Hall–Kier alpha value is -2.10. The molecule has 1 saturated heterocycles. The number of para-hydroxylation sites is 1. The third-order valence-corrected chi connectivity index (χ3v) is 3.77. The molecule has 3 rings (SSSR count). The van der Waals surface area contributed by atoms with Gasteiger partial charge in [-0.1, -0.05) is 18.2 Å². The lowest BCUT2D eigenvalue weighted by atomic mass is 10.1. The number of benzene rings is 1. The van der Waals surface area contributed by atoms with E-state index < -0.39 is 0 Å². The highest BCUT2D eigenvalue weighted by Crippen LogP contribution is 2.23. The van der Waals surface area contributed by atoms with E-state index in [1.165, 1.54) is 17.3 Å². The predicted molar refractivity (Wildman–Crippen MR) is 79.8 cm³/mol. The van der Waals surface area contributed by atoms with Gasteiger partial charge in [0.25, 0.3) is 0 Å². The van der Waals surface area contributed by atoms with Gasteiger partial charge in [-0.05, 0) is 30.7 Å². The van der Waals surface area contributed by atoms with Gasteiger partial charge < -0.3 is 9.80 Å². The van der Waals surface area contributed by atoms with Gasteiger partial charge in [0, 0.05) is 38.1 Å². The van der Waals surface area contributed by atoms with E-state index in [9.17, 15) is 4.39 Å². The second-order valence-corrected chi connectivity index (χ2v) is 5.07. The zero-order chi connectivity index (χ0) is 13.9. The topological polar surface area (TPSA) is 19.4 Å². The lowest BCUT2D eigenvalue weighted by Crippen LogP contribution is -2.47. The number of rotatable bonds is 2. The SMILES string of the molecule is Cc1ccccc1N1CCN(c2ncccc2F)CC1. The molecule has 2 aromatic rings. The Kier molecular flexibility index (Phi) is 3.54. The average molecular weight is 271 g/mol. The molecule has 20 heavy (non-hydrogen) atoms. The van der Waals surface area contributed by atoms with Crippen LogP contribution in [0.4, 0.5) is 15.9 Å². The number of aryl methyl sites for hydroxylation is 1. The van der Waals surface area contributed by atoms with Crippen LogP contribution in [0.1, 0.15) is 5.56 Å². The predicted octanol–water partition coefficient (Wildman–Crippen LogP) is 2.86. The van der Waals surface area contributed by atoms with Gasteiger partial charge in [0.1, 0.15) is 0 Å². The van der Waals surface area contributed by atoms with Crippen LogP contribution in [0.2, 0.25) is 0 Å². The maximum absolute atomic E-state index is 13.7. The molecule has 0 amide bonds. The van der Waals surface area contributed by atoms with Crippen LogP contribution in [-0.4, -0.2) is 31.2 Å². The highest BCUT2D eigenvalue weighted by Gasteiger charge is 2.20. The molecule has 0 atom stereocenters. The van der Waals surface area contributed by atoms with Crippen LogP contribution in [0.5, 0.6) is 0 Å². The van der Waals surface area contributed by atoms with Crippen molar-refractivity contribution in [1.29, 1.82) is 0 Å². The van der Waals surface area contributed by atoms with Gasteiger partial charge in [0.2, 0.25) is 0 Å². The molecule has 0 spiro atoms. The molecule has 1 aromatic heterocycles. The third-order valence-electron chi connectivity index (χ3n) is 3.77. The van der Waals surface area contributed by atoms with E-state index in [1.54, 1.807) is 12.3 Å². The van der Waals surface area contributed by atoms with Crippen molar-refractivity contribution in [3.63, 3.8) is 0 Å². The van der Waals surface area contributed by atoms with E-state index in [0.717, 1.165) is 26.2 Å². The van der Waals surface area contributed by atoms with Crippen LogP contribution in [0, 0.1) is 12.7 Å². The minimum atomic E-state index is -0.239. The van der Waals surface area contributed by atoms with Crippen LogP contribution in [0.15, 0.2) is 42.6 Å². The molecular formula is C16H18FN3. The minimum absolute atomic E-state index is 0.239. The van der Waals surface area contributed by atoms with Gasteiger partial charge in [-0.15, -0.1) is 0 Å². The minimum Gasteiger partial charge on any atom is -0.368 e. The van der Waals surface area contributed by atoms with Gasteiger partial charge in [0.05, 0.1) is 0 Å². The summed E-state index contributed by atoms with van der Waals surface area (Å²) in [7, 11) is 0. The zero-order valence-corrected chi connectivity index (χ0v) is 11.6. The first-order valence-corrected chi connectivity index (χ1v) is 6.92. The Balaban J connectivity index is 1.72. The maximum Gasteiger partial charge on any atom is 0.165 e. The number of nitrogens with zero attached hydrogens (tertiary/aromatic N) is 3. The first-order chi connectivity index (χ1) is 9.75. The smallest absolute Gasteiger partial charge is 0.165 e. The molecule has 4 heteroatoms. The largest absolute Gasteiger partial charge is 0.368 e. The normalized spacial score (nSPS) is 15.5. The summed E-state index contributed by atoms with van der Waals surface area (Å²) in [5.74, 6) is 0.230. The van der Waals surface area contributed by atoms with E-state index >= 15 is 0 Å². The van der Waals surface area contributed by atoms with Crippen LogP contribution < -0.4 is 9.80 Å². The quantitative estimate of drug-likeness (QED) is 0.837. The van der Waals surface area contributed by atoms with Gasteiger partial charge >= 0.3 is 0 Å². The van der Waals surface area contributed by atoms with Crippen molar-refractivity contribution in [1.82, 2.24) is 4.98 Å². The van der Waals surface area contributed by atoms with Gasteiger partial charge in [-0.25, -0.2) is 9.37 Å². The Morgan fingerprint density at radius 1 is 0.950 bits per heavy atom. The van der Waals surface area contributed by atoms with E-state index in [0.29, 0.717) is 5.82 Å². The first kappa shape index (κ1) is 12.9. The average Bonchev–Trinajstić information content (AvgIpc) is 2.49. The van der Waals surface area contributed by atoms with Gasteiger partial charge in [0.15, 0.2) is 11.6 Å². The summed E-state index contributed by atoms with van der Waals surface area (Å²) < 4.78 is 13.7. The summed E-state index contributed by atoms with van der Waals surface area (Å²) in [5.41, 5.74) is 2.55. The van der Waals surface area contributed by atoms with Crippen molar-refractivity contribution in [3.8, 4) is 0 Å². The summed E-state index contributed by atoms with van der Waals surface area (Å²) in [6, 6.07) is 11.5. The fourth-order valence-electron chi connectivity index (χ4n) is 2.69. The van der Waals surface area contributed by atoms with Crippen molar-refractivity contribution in [2.45, 2.75) is 6.92 Å². The number of hydrogen-bond donors (Lipinski definition) is 0. The lowest BCUT2D eigenvalue weighted by Gasteiger charge is -2.37. The molecule has 3 nitrogen and oxygen atoms in total. The van der Waals surface area contributed by atoms with E-state index in [4.69, 9.17) is 0 Å². The number of aromatic nitrogens is 1. The molecule has 1 aliphatic heterocycles. The fraction of sp³-hybridized carbons (Fsp3) is 0.312. The fourth-order valence-corrected chi connectivity index (χ4v) is 2.69. The molecule has 0 N–H and O–H groups in total. The van der Waals surface area contributed by atoms with E-state index in [1.807, 2.05) is 4.90 Å². The highest BCUT2D eigenvalue weighted by molar-refractivity contribution is 5.54. The Morgan fingerprint density at radius 3 is 2.35 bits per heavy atom. The Morgan fingerprint density at radius 2 is 1.65 bits per heavy atom. The third kappa shape index (κ3) is 2.46.